The molecule has 10 heteroatoms. The summed E-state index contributed by atoms with van der Waals surface area (Å²) in [5.74, 6) is -0.763. The van der Waals surface area contributed by atoms with Gasteiger partial charge in [0.25, 0.3) is 5.91 Å². The minimum absolute atomic E-state index is 0.0217. The zero-order valence-corrected chi connectivity index (χ0v) is 22.1. The van der Waals surface area contributed by atoms with Crippen LogP contribution in [0.1, 0.15) is 47.3 Å². The fraction of sp³-hybridized carbons (Fsp3) is 0.345. The lowest BCUT2D eigenvalue weighted by atomic mass is 9.82. The monoisotopic (exact) mass is 555 g/mol. The van der Waals surface area contributed by atoms with Crippen molar-refractivity contribution in [1.82, 2.24) is 14.9 Å². The van der Waals surface area contributed by atoms with Crippen molar-refractivity contribution in [3.63, 3.8) is 0 Å². The molecule has 2 aromatic heterocycles. The van der Waals surface area contributed by atoms with Gasteiger partial charge in [-0.3, -0.25) is 9.59 Å². The molecule has 0 unspecified atom stereocenters. The molecule has 39 heavy (non-hydrogen) atoms. The molecule has 5 rings (SSSR count). The van der Waals surface area contributed by atoms with Crippen LogP contribution in [0.5, 0.6) is 0 Å². The second kappa shape index (κ2) is 11.2. The number of thiazole rings is 1. The van der Waals surface area contributed by atoms with Crippen LogP contribution in [0.15, 0.2) is 60.1 Å². The molecule has 2 heterocycles. The Morgan fingerprint density at radius 3 is 2.54 bits per heavy atom. The van der Waals surface area contributed by atoms with E-state index < -0.39 is 17.6 Å². The number of amides is 1. The van der Waals surface area contributed by atoms with Crippen LogP contribution in [0.2, 0.25) is 0 Å². The van der Waals surface area contributed by atoms with Crippen LogP contribution in [-0.4, -0.2) is 35.1 Å². The number of aromatic nitrogens is 2. The largest absolute Gasteiger partial charge is 0.469 e. The van der Waals surface area contributed by atoms with E-state index >= 15 is 0 Å². The highest BCUT2D eigenvalue weighted by Gasteiger charge is 2.33. The van der Waals surface area contributed by atoms with E-state index in [-0.39, 0.29) is 23.4 Å². The maximum absolute atomic E-state index is 13.7. The van der Waals surface area contributed by atoms with E-state index in [1.807, 2.05) is 35.7 Å². The van der Waals surface area contributed by atoms with Gasteiger partial charge in [-0.25, -0.2) is 4.98 Å². The SMILES string of the molecule is COC(=O)C1CCC(CNC(=O)c2cc(C(F)(F)F)cc3ccn(Cc4csc(-c5ccccc5)n4)c23)CC1. The number of rotatable bonds is 7. The third kappa shape index (κ3) is 6.00. The first kappa shape index (κ1) is 26.9. The smallest absolute Gasteiger partial charge is 0.416 e. The van der Waals surface area contributed by atoms with E-state index in [1.165, 1.54) is 18.4 Å². The van der Waals surface area contributed by atoms with Crippen molar-refractivity contribution < 1.29 is 27.5 Å². The molecular weight excluding hydrogens is 527 g/mol. The first-order valence-electron chi connectivity index (χ1n) is 12.8. The van der Waals surface area contributed by atoms with Crippen molar-refractivity contribution >= 4 is 34.1 Å². The highest BCUT2D eigenvalue weighted by Crippen LogP contribution is 2.35. The van der Waals surface area contributed by atoms with Crippen molar-refractivity contribution in [2.24, 2.45) is 11.8 Å². The number of hydrogen-bond donors (Lipinski definition) is 1. The predicted molar refractivity (Wildman–Crippen MR) is 143 cm³/mol. The molecule has 4 aromatic rings. The third-order valence-corrected chi connectivity index (χ3v) is 8.21. The fourth-order valence-corrected chi connectivity index (χ4v) is 6.00. The van der Waals surface area contributed by atoms with Gasteiger partial charge >= 0.3 is 12.1 Å². The molecule has 1 aliphatic carbocycles. The molecule has 1 N–H and O–H groups in total. The summed E-state index contributed by atoms with van der Waals surface area (Å²) in [5.41, 5.74) is 1.29. The van der Waals surface area contributed by atoms with Crippen molar-refractivity contribution in [2.75, 3.05) is 13.7 Å². The average Bonchev–Trinajstić information content (AvgIpc) is 3.58. The highest BCUT2D eigenvalue weighted by molar-refractivity contribution is 7.13. The zero-order valence-electron chi connectivity index (χ0n) is 21.3. The summed E-state index contributed by atoms with van der Waals surface area (Å²) in [6.07, 6.45) is -0.0801. The van der Waals surface area contributed by atoms with E-state index in [0.29, 0.717) is 36.8 Å². The molecule has 0 radical (unpaired) electrons. The first-order valence-corrected chi connectivity index (χ1v) is 13.7. The number of methoxy groups -OCH3 is 1. The summed E-state index contributed by atoms with van der Waals surface area (Å²) < 4.78 is 47.7. The lowest BCUT2D eigenvalue weighted by Crippen LogP contribution is -2.33. The topological polar surface area (TPSA) is 73.2 Å². The van der Waals surface area contributed by atoms with Crippen LogP contribution in [0.4, 0.5) is 13.2 Å². The van der Waals surface area contributed by atoms with E-state index in [9.17, 15) is 22.8 Å². The Morgan fingerprint density at radius 2 is 1.85 bits per heavy atom. The summed E-state index contributed by atoms with van der Waals surface area (Å²) >= 11 is 1.49. The summed E-state index contributed by atoms with van der Waals surface area (Å²) in [6.45, 7) is 0.647. The van der Waals surface area contributed by atoms with Gasteiger partial charge in [0.2, 0.25) is 0 Å². The summed E-state index contributed by atoms with van der Waals surface area (Å²) in [7, 11) is 1.37. The Hall–Kier alpha value is -3.66. The second-order valence-electron chi connectivity index (χ2n) is 9.86. The lowest BCUT2D eigenvalue weighted by molar-refractivity contribution is -0.146. The standard InChI is InChI=1S/C29H28F3N3O3S/c1-38-28(37)20-9-7-18(8-10-20)15-33-26(36)24-14-22(29(30,31)32)13-21-11-12-35(25(21)24)16-23-17-39-27(34-23)19-5-3-2-4-6-19/h2-6,11-14,17-18,20H,7-10,15-16H2,1H3,(H,33,36). The maximum atomic E-state index is 13.7. The predicted octanol–water partition coefficient (Wildman–Crippen LogP) is 6.54. The van der Waals surface area contributed by atoms with Crippen LogP contribution < -0.4 is 5.32 Å². The van der Waals surface area contributed by atoms with Crippen molar-refractivity contribution in [3.8, 4) is 10.6 Å². The number of benzene rings is 2. The highest BCUT2D eigenvalue weighted by atomic mass is 32.1. The Labute approximate surface area is 227 Å². The molecule has 0 spiro atoms. The van der Waals surface area contributed by atoms with Gasteiger partial charge in [0.1, 0.15) is 5.01 Å². The normalized spacial score (nSPS) is 17.7. The molecule has 1 fully saturated rings. The molecule has 1 aliphatic rings. The van der Waals surface area contributed by atoms with Gasteiger partial charge in [-0.2, -0.15) is 13.2 Å². The third-order valence-electron chi connectivity index (χ3n) is 7.27. The molecule has 0 saturated heterocycles. The molecule has 1 amide bonds. The molecular formula is C29H28F3N3O3S. The van der Waals surface area contributed by atoms with Crippen LogP contribution in [0.25, 0.3) is 21.5 Å². The zero-order chi connectivity index (χ0) is 27.6. The van der Waals surface area contributed by atoms with Gasteiger partial charge in [0.05, 0.1) is 41.9 Å². The number of carbonyl (C=O) groups excluding carboxylic acids is 2. The van der Waals surface area contributed by atoms with Gasteiger partial charge in [-0.1, -0.05) is 30.3 Å². The number of halogens is 3. The maximum Gasteiger partial charge on any atom is 0.416 e. The number of nitrogens with one attached hydrogen (secondary N) is 1. The van der Waals surface area contributed by atoms with Crippen LogP contribution in [-0.2, 0) is 22.3 Å². The van der Waals surface area contributed by atoms with E-state index in [0.717, 1.165) is 41.2 Å². The summed E-state index contributed by atoms with van der Waals surface area (Å²) in [5, 5.41) is 5.96. The van der Waals surface area contributed by atoms with Gasteiger partial charge in [0, 0.05) is 29.1 Å². The Kier molecular flexibility index (Phi) is 7.74. The number of nitrogens with zero attached hydrogens (tertiary/aromatic N) is 2. The fourth-order valence-electron chi connectivity index (χ4n) is 5.19. The minimum atomic E-state index is -4.59. The van der Waals surface area contributed by atoms with Gasteiger partial charge in [-0.15, -0.1) is 11.3 Å². The Bertz CT molecular complexity index is 1470. The molecule has 2 aromatic carbocycles. The molecule has 1 saturated carbocycles. The molecule has 0 aliphatic heterocycles. The van der Waals surface area contributed by atoms with Crippen LogP contribution in [0.3, 0.4) is 0 Å². The molecule has 204 valence electrons. The number of fused-ring (bicyclic) bond motifs is 1. The number of carbonyl (C=O) groups is 2. The van der Waals surface area contributed by atoms with Crippen LogP contribution >= 0.6 is 11.3 Å². The van der Waals surface area contributed by atoms with Crippen molar-refractivity contribution in [3.05, 3.63) is 76.9 Å². The molecule has 6 nitrogen and oxygen atoms in total. The Balaban J connectivity index is 1.38. The van der Waals surface area contributed by atoms with Gasteiger partial charge in [0.15, 0.2) is 0 Å². The second-order valence-corrected chi connectivity index (χ2v) is 10.7. The van der Waals surface area contributed by atoms with E-state index in [1.54, 1.807) is 16.8 Å². The number of ether oxygens (including phenoxy) is 1. The molecule has 0 bridgehead atoms. The minimum Gasteiger partial charge on any atom is -0.469 e. The van der Waals surface area contributed by atoms with Gasteiger partial charge < -0.3 is 14.6 Å². The van der Waals surface area contributed by atoms with E-state index in [4.69, 9.17) is 9.72 Å². The number of alkyl halides is 3. The van der Waals surface area contributed by atoms with E-state index in [2.05, 4.69) is 5.32 Å². The summed E-state index contributed by atoms with van der Waals surface area (Å²) in [4.78, 5) is 29.8. The Morgan fingerprint density at radius 1 is 1.10 bits per heavy atom. The molecule has 0 atom stereocenters. The van der Waals surface area contributed by atoms with Crippen LogP contribution in [0, 0.1) is 11.8 Å². The van der Waals surface area contributed by atoms with Crippen molar-refractivity contribution in [1.29, 1.82) is 0 Å². The first-order chi connectivity index (χ1) is 18.7. The lowest BCUT2D eigenvalue weighted by Gasteiger charge is -2.27. The van der Waals surface area contributed by atoms with Crippen molar-refractivity contribution in [2.45, 2.75) is 38.4 Å². The quantitative estimate of drug-likeness (QED) is 0.263. The van der Waals surface area contributed by atoms with Gasteiger partial charge in [-0.05, 0) is 49.8 Å². The number of esters is 1. The summed E-state index contributed by atoms with van der Waals surface area (Å²) in [6, 6.07) is 13.3. The number of hydrogen-bond acceptors (Lipinski definition) is 5. The average molecular weight is 556 g/mol.